The zero-order valence-electron chi connectivity index (χ0n) is 14.5. The van der Waals surface area contributed by atoms with E-state index < -0.39 is 0 Å². The number of hydrogen-bond acceptors (Lipinski definition) is 4. The Morgan fingerprint density at radius 2 is 2.19 bits per heavy atom. The van der Waals surface area contributed by atoms with Gasteiger partial charge in [-0.3, -0.25) is 4.90 Å². The van der Waals surface area contributed by atoms with Crippen LogP contribution < -0.4 is 5.32 Å². The number of hydrogen-bond donors (Lipinski definition) is 1. The molecule has 0 radical (unpaired) electrons. The maximum absolute atomic E-state index is 5.90. The summed E-state index contributed by atoms with van der Waals surface area (Å²) >= 11 is 0. The highest BCUT2D eigenvalue weighted by atomic mass is 16.5. The van der Waals surface area contributed by atoms with E-state index in [1.807, 2.05) is 0 Å². The average molecular weight is 297 g/mol. The van der Waals surface area contributed by atoms with Gasteiger partial charge in [-0.1, -0.05) is 26.7 Å². The van der Waals surface area contributed by atoms with Gasteiger partial charge in [-0.2, -0.15) is 0 Å². The molecule has 4 heteroatoms. The zero-order chi connectivity index (χ0) is 15.3. The first-order valence-corrected chi connectivity index (χ1v) is 8.78. The summed E-state index contributed by atoms with van der Waals surface area (Å²) in [6, 6.07) is 0. The highest BCUT2D eigenvalue weighted by molar-refractivity contribution is 4.94. The molecule has 21 heavy (non-hydrogen) atoms. The maximum Gasteiger partial charge on any atom is 0.0826 e. The van der Waals surface area contributed by atoms with E-state index >= 15 is 0 Å². The molecule has 2 aliphatic rings. The third-order valence-corrected chi connectivity index (χ3v) is 5.51. The second-order valence-electron chi connectivity index (χ2n) is 7.34. The van der Waals surface area contributed by atoms with Crippen molar-refractivity contribution in [1.82, 2.24) is 15.1 Å². The van der Waals surface area contributed by atoms with Crippen molar-refractivity contribution in [1.29, 1.82) is 0 Å². The molecule has 3 unspecified atom stereocenters. The van der Waals surface area contributed by atoms with Gasteiger partial charge in [-0.15, -0.1) is 0 Å². The Bertz CT molecular complexity index is 310. The van der Waals surface area contributed by atoms with Crippen molar-refractivity contribution in [2.45, 2.75) is 51.2 Å². The first-order valence-electron chi connectivity index (χ1n) is 8.78. The van der Waals surface area contributed by atoms with Crippen molar-refractivity contribution >= 4 is 0 Å². The molecule has 0 spiro atoms. The first-order chi connectivity index (χ1) is 10.1. The van der Waals surface area contributed by atoms with Crippen LogP contribution in [0.25, 0.3) is 0 Å². The molecule has 1 saturated heterocycles. The van der Waals surface area contributed by atoms with Crippen molar-refractivity contribution in [3.63, 3.8) is 0 Å². The highest BCUT2D eigenvalue weighted by Gasteiger charge is 2.36. The molecule has 0 aromatic heterocycles. The summed E-state index contributed by atoms with van der Waals surface area (Å²) in [6.45, 7) is 10.9. The standard InChI is InChI=1S/C17H35N3O/c1-5-20-9-10-21-16(13-20)12-18-14-17(19(3)4)8-6-7-15(2)11-17/h15-16,18H,5-14H2,1-4H3. The first kappa shape index (κ1) is 17.2. The lowest BCUT2D eigenvalue weighted by Gasteiger charge is -2.45. The van der Waals surface area contributed by atoms with Crippen LogP contribution >= 0.6 is 0 Å². The molecule has 0 bridgehead atoms. The minimum Gasteiger partial charge on any atom is -0.374 e. The second-order valence-corrected chi connectivity index (χ2v) is 7.34. The summed E-state index contributed by atoms with van der Waals surface area (Å²) in [6.07, 6.45) is 5.76. The van der Waals surface area contributed by atoms with Gasteiger partial charge in [0.2, 0.25) is 0 Å². The summed E-state index contributed by atoms with van der Waals surface area (Å²) in [4.78, 5) is 4.94. The van der Waals surface area contributed by atoms with E-state index in [2.05, 4.69) is 43.1 Å². The SMILES string of the molecule is CCN1CCOC(CNCC2(N(C)C)CCCC(C)C2)C1. The molecular weight excluding hydrogens is 262 g/mol. The highest BCUT2D eigenvalue weighted by Crippen LogP contribution is 2.35. The molecule has 1 heterocycles. The summed E-state index contributed by atoms with van der Waals surface area (Å²) in [5.41, 5.74) is 0.344. The zero-order valence-corrected chi connectivity index (χ0v) is 14.5. The number of likely N-dealkylation sites (N-methyl/N-ethyl adjacent to an activating group) is 2. The van der Waals surface area contributed by atoms with Crippen molar-refractivity contribution in [3.8, 4) is 0 Å². The number of nitrogens with zero attached hydrogens (tertiary/aromatic N) is 2. The molecule has 124 valence electrons. The second kappa shape index (κ2) is 7.91. The Balaban J connectivity index is 1.79. The molecule has 1 saturated carbocycles. The average Bonchev–Trinajstić information content (AvgIpc) is 2.47. The normalized spacial score (nSPS) is 35.3. The van der Waals surface area contributed by atoms with Gasteiger partial charge in [-0.05, 0) is 39.4 Å². The van der Waals surface area contributed by atoms with Gasteiger partial charge < -0.3 is 15.0 Å². The quantitative estimate of drug-likeness (QED) is 0.809. The molecule has 4 nitrogen and oxygen atoms in total. The Morgan fingerprint density at radius 3 is 2.86 bits per heavy atom. The number of nitrogens with one attached hydrogen (secondary N) is 1. The third kappa shape index (κ3) is 4.65. The van der Waals surface area contributed by atoms with Crippen molar-refractivity contribution in [2.24, 2.45) is 5.92 Å². The minimum atomic E-state index is 0.344. The molecule has 0 aromatic carbocycles. The molecule has 0 amide bonds. The van der Waals surface area contributed by atoms with E-state index in [9.17, 15) is 0 Å². The van der Waals surface area contributed by atoms with Crippen LogP contribution in [0.3, 0.4) is 0 Å². The number of rotatable bonds is 6. The van der Waals surface area contributed by atoms with E-state index in [1.54, 1.807) is 0 Å². The Labute approximate surface area is 131 Å². The van der Waals surface area contributed by atoms with Crippen LogP contribution in [-0.4, -0.2) is 74.9 Å². The lowest BCUT2D eigenvalue weighted by atomic mass is 9.75. The fourth-order valence-corrected chi connectivity index (χ4v) is 4.01. The van der Waals surface area contributed by atoms with E-state index in [0.29, 0.717) is 11.6 Å². The van der Waals surface area contributed by atoms with Gasteiger partial charge in [0.05, 0.1) is 12.7 Å². The summed E-state index contributed by atoms with van der Waals surface area (Å²) in [5.74, 6) is 0.851. The smallest absolute Gasteiger partial charge is 0.0826 e. The van der Waals surface area contributed by atoms with Crippen LogP contribution in [0.1, 0.15) is 39.5 Å². The monoisotopic (exact) mass is 297 g/mol. The Hall–Kier alpha value is -0.160. The van der Waals surface area contributed by atoms with Crippen LogP contribution in [0.5, 0.6) is 0 Å². The van der Waals surface area contributed by atoms with E-state index in [1.165, 1.54) is 25.7 Å². The van der Waals surface area contributed by atoms with E-state index in [4.69, 9.17) is 4.74 Å². The lowest BCUT2D eigenvalue weighted by Crippen LogP contribution is -2.56. The topological polar surface area (TPSA) is 27.7 Å². The molecule has 1 aliphatic heterocycles. The summed E-state index contributed by atoms with van der Waals surface area (Å²) in [7, 11) is 4.49. The van der Waals surface area contributed by atoms with Crippen LogP contribution in [0.15, 0.2) is 0 Å². The third-order valence-electron chi connectivity index (χ3n) is 5.51. The number of ether oxygens (including phenoxy) is 1. The molecule has 1 aliphatic carbocycles. The Kier molecular flexibility index (Phi) is 6.48. The summed E-state index contributed by atoms with van der Waals surface area (Å²) in [5, 5.41) is 3.72. The van der Waals surface area contributed by atoms with Gasteiger partial charge in [-0.25, -0.2) is 0 Å². The van der Waals surface area contributed by atoms with Crippen molar-refractivity contribution in [3.05, 3.63) is 0 Å². The van der Waals surface area contributed by atoms with E-state index in [0.717, 1.165) is 45.2 Å². The summed E-state index contributed by atoms with van der Waals surface area (Å²) < 4.78 is 5.90. The molecule has 2 fully saturated rings. The van der Waals surface area contributed by atoms with Crippen LogP contribution in [0.2, 0.25) is 0 Å². The van der Waals surface area contributed by atoms with Crippen LogP contribution in [0, 0.1) is 5.92 Å². The van der Waals surface area contributed by atoms with Gasteiger partial charge in [0.1, 0.15) is 0 Å². The maximum atomic E-state index is 5.90. The van der Waals surface area contributed by atoms with Gasteiger partial charge >= 0.3 is 0 Å². The van der Waals surface area contributed by atoms with Crippen molar-refractivity contribution < 1.29 is 4.74 Å². The largest absolute Gasteiger partial charge is 0.374 e. The molecule has 1 N–H and O–H groups in total. The molecular formula is C17H35N3O. The molecule has 0 aromatic rings. The fraction of sp³-hybridized carbons (Fsp3) is 1.00. The Morgan fingerprint density at radius 1 is 1.38 bits per heavy atom. The van der Waals surface area contributed by atoms with E-state index in [-0.39, 0.29) is 0 Å². The molecule has 3 atom stereocenters. The predicted molar refractivity (Wildman–Crippen MR) is 88.8 cm³/mol. The van der Waals surface area contributed by atoms with Crippen LogP contribution in [0.4, 0.5) is 0 Å². The molecule has 2 rings (SSSR count). The van der Waals surface area contributed by atoms with Gasteiger partial charge in [0, 0.05) is 31.7 Å². The number of morpholine rings is 1. The van der Waals surface area contributed by atoms with Gasteiger partial charge in [0.25, 0.3) is 0 Å². The predicted octanol–water partition coefficient (Wildman–Crippen LogP) is 1.81. The lowest BCUT2D eigenvalue weighted by molar-refractivity contribution is -0.0276. The minimum absolute atomic E-state index is 0.344. The fourth-order valence-electron chi connectivity index (χ4n) is 4.01. The van der Waals surface area contributed by atoms with Gasteiger partial charge in [0.15, 0.2) is 0 Å². The van der Waals surface area contributed by atoms with Crippen molar-refractivity contribution in [2.75, 3.05) is 53.4 Å². The van der Waals surface area contributed by atoms with Crippen LogP contribution in [-0.2, 0) is 4.74 Å².